The van der Waals surface area contributed by atoms with Crippen molar-refractivity contribution in [3.8, 4) is 5.75 Å². The first-order valence-corrected chi connectivity index (χ1v) is 5.24. The number of halogens is 2. The number of benzene rings is 1. The highest BCUT2D eigenvalue weighted by Gasteiger charge is 2.28. The third-order valence-corrected chi connectivity index (χ3v) is 1.96. The molecule has 0 N–H and O–H groups in total. The summed E-state index contributed by atoms with van der Waals surface area (Å²) in [6, 6.07) is 8.93. The van der Waals surface area contributed by atoms with Crippen molar-refractivity contribution in [1.82, 2.24) is 0 Å². The van der Waals surface area contributed by atoms with E-state index in [1.807, 2.05) is 18.2 Å². The molecule has 0 saturated carbocycles. The predicted octanol–water partition coefficient (Wildman–Crippen LogP) is 3.10. The Balaban J connectivity index is 2.66. The molecule has 2 nitrogen and oxygen atoms in total. The van der Waals surface area contributed by atoms with Crippen LogP contribution in [0.25, 0.3) is 0 Å². The molecule has 0 saturated heterocycles. The summed E-state index contributed by atoms with van der Waals surface area (Å²) in [6.07, 6.45) is 0. The number of rotatable bonds is 2. The molecule has 0 fully saturated rings. The summed E-state index contributed by atoms with van der Waals surface area (Å²) >= 11 is 6.29. The van der Waals surface area contributed by atoms with Crippen molar-refractivity contribution in [3.63, 3.8) is 0 Å². The van der Waals surface area contributed by atoms with Crippen LogP contribution in [0.1, 0.15) is 6.92 Å². The predicted molar refractivity (Wildman–Crippen MR) is 58.3 cm³/mol. The summed E-state index contributed by atoms with van der Waals surface area (Å²) in [4.78, 5) is 11.3. The zero-order valence-electron chi connectivity index (χ0n) is 6.96. The summed E-state index contributed by atoms with van der Waals surface area (Å²) in [6.45, 7) is 1.66. The van der Waals surface area contributed by atoms with E-state index >= 15 is 0 Å². The lowest BCUT2D eigenvalue weighted by atomic mass is 10.3. The maximum Gasteiger partial charge on any atom is 0.338 e. The lowest BCUT2D eigenvalue weighted by Gasteiger charge is -2.12. The smallest absolute Gasteiger partial charge is 0.338 e. The fourth-order valence-corrected chi connectivity index (χ4v) is 0.847. The van der Waals surface area contributed by atoms with Crippen LogP contribution in [0.15, 0.2) is 30.3 Å². The largest absolute Gasteiger partial charge is 0.425 e. The maximum absolute atomic E-state index is 11.3. The van der Waals surface area contributed by atoms with Gasteiger partial charge in [0.15, 0.2) is 3.23 Å². The number of hydrogen-bond acceptors (Lipinski definition) is 2. The molecular weight excluding hydrogens is 300 g/mol. The number of hydrogen-bond donors (Lipinski definition) is 0. The quantitative estimate of drug-likeness (QED) is 0.477. The monoisotopic (exact) mass is 306 g/mol. The van der Waals surface area contributed by atoms with Crippen molar-refractivity contribution in [2.24, 2.45) is 0 Å². The van der Waals surface area contributed by atoms with Gasteiger partial charge < -0.3 is 4.74 Å². The van der Waals surface area contributed by atoms with Crippen molar-refractivity contribution in [2.75, 3.05) is 0 Å². The lowest BCUT2D eigenvalue weighted by Crippen LogP contribution is -2.25. The fourth-order valence-electron chi connectivity index (χ4n) is 0.685. The van der Waals surface area contributed by atoms with Gasteiger partial charge in [0.2, 0.25) is 0 Å². The normalized spacial score (nSPS) is 11.0. The van der Waals surface area contributed by atoms with Gasteiger partial charge in [0.1, 0.15) is 5.75 Å². The SMILES string of the molecule is CC(Br)(Br)C(=O)Oc1ccccc1. The molecule has 0 radical (unpaired) electrons. The molecule has 0 aliphatic rings. The van der Waals surface area contributed by atoms with Gasteiger partial charge in [-0.25, -0.2) is 4.79 Å². The number of carbonyl (C=O) groups excluding carboxylic acids is 1. The van der Waals surface area contributed by atoms with Gasteiger partial charge in [0.05, 0.1) is 0 Å². The van der Waals surface area contributed by atoms with Crippen LogP contribution >= 0.6 is 31.9 Å². The van der Waals surface area contributed by atoms with Gasteiger partial charge in [0, 0.05) is 0 Å². The molecule has 0 aromatic heterocycles. The number of esters is 1. The third-order valence-electron chi connectivity index (χ3n) is 1.31. The van der Waals surface area contributed by atoms with Crippen molar-refractivity contribution >= 4 is 37.8 Å². The first kappa shape index (κ1) is 10.7. The second-order valence-corrected chi connectivity index (χ2v) is 6.83. The van der Waals surface area contributed by atoms with E-state index in [9.17, 15) is 4.79 Å². The van der Waals surface area contributed by atoms with Crippen LogP contribution < -0.4 is 4.74 Å². The van der Waals surface area contributed by atoms with E-state index in [-0.39, 0.29) is 5.97 Å². The van der Waals surface area contributed by atoms with Crippen LogP contribution in [0.3, 0.4) is 0 Å². The van der Waals surface area contributed by atoms with Crippen LogP contribution in [-0.2, 0) is 4.79 Å². The van der Waals surface area contributed by atoms with E-state index in [2.05, 4.69) is 31.9 Å². The lowest BCUT2D eigenvalue weighted by molar-refractivity contribution is -0.133. The summed E-state index contributed by atoms with van der Waals surface area (Å²) in [7, 11) is 0. The first-order valence-electron chi connectivity index (χ1n) is 3.65. The number of carbonyl (C=O) groups is 1. The molecule has 13 heavy (non-hydrogen) atoms. The maximum atomic E-state index is 11.3. The molecule has 0 aliphatic carbocycles. The molecule has 0 amide bonds. The molecule has 0 atom stereocenters. The molecule has 70 valence electrons. The summed E-state index contributed by atoms with van der Waals surface area (Å²) in [5.74, 6) is 0.163. The zero-order valence-corrected chi connectivity index (χ0v) is 10.1. The van der Waals surface area contributed by atoms with Gasteiger partial charge in [-0.2, -0.15) is 0 Å². The highest BCUT2D eigenvalue weighted by molar-refractivity contribution is 9.25. The fraction of sp³-hybridized carbons (Fsp3) is 0.222. The van der Waals surface area contributed by atoms with Gasteiger partial charge in [-0.15, -0.1) is 0 Å². The van der Waals surface area contributed by atoms with Gasteiger partial charge in [-0.05, 0) is 19.1 Å². The molecule has 1 aromatic carbocycles. The molecule has 0 heterocycles. The van der Waals surface area contributed by atoms with Crippen LogP contribution in [0.2, 0.25) is 0 Å². The van der Waals surface area contributed by atoms with Crippen molar-refractivity contribution in [3.05, 3.63) is 30.3 Å². The summed E-state index contributed by atoms with van der Waals surface area (Å²) in [5.41, 5.74) is 0. The Morgan fingerprint density at radius 2 is 1.85 bits per heavy atom. The van der Waals surface area contributed by atoms with E-state index in [1.54, 1.807) is 19.1 Å². The van der Waals surface area contributed by atoms with Crippen LogP contribution in [0, 0.1) is 0 Å². The van der Waals surface area contributed by atoms with Gasteiger partial charge in [0.25, 0.3) is 0 Å². The molecule has 0 spiro atoms. The Morgan fingerprint density at radius 3 is 2.31 bits per heavy atom. The van der Waals surface area contributed by atoms with Crippen LogP contribution in [0.5, 0.6) is 5.75 Å². The number of para-hydroxylation sites is 1. The molecule has 0 bridgehead atoms. The zero-order chi connectivity index (χ0) is 9.90. The molecular formula is C9H8Br2O2. The first-order chi connectivity index (χ1) is 6.00. The Hall–Kier alpha value is -0.350. The van der Waals surface area contributed by atoms with Crippen molar-refractivity contribution in [2.45, 2.75) is 10.2 Å². The van der Waals surface area contributed by atoms with Crippen molar-refractivity contribution in [1.29, 1.82) is 0 Å². The van der Waals surface area contributed by atoms with E-state index < -0.39 is 3.23 Å². The third kappa shape index (κ3) is 3.48. The Bertz CT molecular complexity index is 290. The van der Waals surface area contributed by atoms with Gasteiger partial charge in [-0.1, -0.05) is 50.1 Å². The average Bonchev–Trinajstić information content (AvgIpc) is 2.04. The van der Waals surface area contributed by atoms with Gasteiger partial charge in [-0.3, -0.25) is 0 Å². The number of alkyl halides is 2. The second kappa shape index (κ2) is 4.24. The van der Waals surface area contributed by atoms with Crippen LogP contribution in [-0.4, -0.2) is 9.20 Å². The van der Waals surface area contributed by atoms with Crippen LogP contribution in [0.4, 0.5) is 0 Å². The van der Waals surface area contributed by atoms with E-state index in [1.165, 1.54) is 0 Å². The summed E-state index contributed by atoms with van der Waals surface area (Å²) in [5, 5.41) is 0. The Morgan fingerprint density at radius 1 is 1.31 bits per heavy atom. The molecule has 0 unspecified atom stereocenters. The Kier molecular flexibility index (Phi) is 3.50. The summed E-state index contributed by atoms with van der Waals surface area (Å²) < 4.78 is 4.22. The van der Waals surface area contributed by atoms with E-state index in [0.717, 1.165) is 0 Å². The minimum Gasteiger partial charge on any atom is -0.425 e. The molecule has 4 heteroatoms. The standard InChI is InChI=1S/C9H8Br2O2/c1-9(10,11)8(12)13-7-5-3-2-4-6-7/h2-6H,1H3. The second-order valence-electron chi connectivity index (χ2n) is 2.59. The van der Waals surface area contributed by atoms with Crippen molar-refractivity contribution < 1.29 is 9.53 Å². The molecule has 1 aromatic rings. The molecule has 1 rings (SSSR count). The molecule has 0 aliphatic heterocycles. The van der Waals surface area contributed by atoms with E-state index in [0.29, 0.717) is 5.75 Å². The number of ether oxygens (including phenoxy) is 1. The minimum absolute atomic E-state index is 0.376. The highest BCUT2D eigenvalue weighted by Crippen LogP contribution is 2.27. The van der Waals surface area contributed by atoms with E-state index in [4.69, 9.17) is 4.74 Å². The average molecular weight is 308 g/mol. The highest BCUT2D eigenvalue weighted by atomic mass is 79.9. The minimum atomic E-state index is -0.824. The topological polar surface area (TPSA) is 26.3 Å². The van der Waals surface area contributed by atoms with Gasteiger partial charge >= 0.3 is 5.97 Å². The Labute approximate surface area is 93.5 Å².